The Morgan fingerprint density at radius 2 is 1.50 bits per heavy atom. The van der Waals surface area contributed by atoms with Gasteiger partial charge in [-0.05, 0) is 0 Å². The van der Waals surface area contributed by atoms with Gasteiger partial charge in [0.1, 0.15) is 0 Å². The number of rotatable bonds is 0. The Kier molecular flexibility index (Phi) is 2.10. The summed E-state index contributed by atoms with van der Waals surface area (Å²) in [5, 5.41) is 0. The minimum atomic E-state index is 0.389. The van der Waals surface area contributed by atoms with Crippen molar-refractivity contribution < 1.29 is 17.0 Å². The van der Waals surface area contributed by atoms with Gasteiger partial charge in [0.05, 0.1) is 0 Å². The van der Waals surface area contributed by atoms with Gasteiger partial charge in [-0.3, -0.25) is 0 Å². The summed E-state index contributed by atoms with van der Waals surface area (Å²) in [7, 11) is 0. The van der Waals surface area contributed by atoms with Crippen LogP contribution in [-0.2, 0) is 17.0 Å². The quantitative estimate of drug-likeness (QED) is 0.454. The predicted octanol–water partition coefficient (Wildman–Crippen LogP) is 1.38. The van der Waals surface area contributed by atoms with Gasteiger partial charge >= 0.3 is 47.9 Å². The molecule has 35 valence electrons. The maximum absolute atomic E-state index is 2.47. The SMILES string of the molecule is CC(C)(C)[CH]=[V]. The average molecular weight is 121 g/mol. The molecule has 0 saturated heterocycles. The van der Waals surface area contributed by atoms with E-state index in [9.17, 15) is 0 Å². The molecule has 0 aliphatic carbocycles. The molecule has 0 unspecified atom stereocenters. The van der Waals surface area contributed by atoms with Gasteiger partial charge in [0, 0.05) is 0 Å². The predicted molar refractivity (Wildman–Crippen MR) is 25.5 cm³/mol. The summed E-state index contributed by atoms with van der Waals surface area (Å²) in [6.07, 6.45) is 0. The first-order valence-corrected chi connectivity index (χ1v) is 2.85. The van der Waals surface area contributed by atoms with E-state index in [-0.39, 0.29) is 0 Å². The minimum absolute atomic E-state index is 0.389. The van der Waals surface area contributed by atoms with Crippen LogP contribution < -0.4 is 0 Å². The fourth-order valence-corrected chi connectivity index (χ4v) is 0. The average Bonchev–Trinajstić information content (AvgIpc) is 1.35. The molecule has 6 heavy (non-hydrogen) atoms. The standard InChI is InChI=1S/C5H10.V/c1-5(2,3)4;/h1H,2-4H3;. The monoisotopic (exact) mass is 121 g/mol. The zero-order chi connectivity index (χ0) is 5.21. The van der Waals surface area contributed by atoms with Crippen molar-refractivity contribution in [2.45, 2.75) is 20.8 Å². The van der Waals surface area contributed by atoms with Crippen LogP contribution in [0.5, 0.6) is 0 Å². The molecule has 0 N–H and O–H groups in total. The molecule has 0 rings (SSSR count). The molecular weight excluding hydrogens is 111 g/mol. The summed E-state index contributed by atoms with van der Waals surface area (Å²) >= 11 is 2.47. The molecule has 0 fully saturated rings. The molecule has 0 aromatic heterocycles. The van der Waals surface area contributed by atoms with Crippen LogP contribution in [0.4, 0.5) is 0 Å². The molecule has 0 aromatic rings. The summed E-state index contributed by atoms with van der Waals surface area (Å²) in [5.74, 6) is 0. The van der Waals surface area contributed by atoms with E-state index in [4.69, 9.17) is 0 Å². The van der Waals surface area contributed by atoms with Crippen molar-refractivity contribution in [3.63, 3.8) is 0 Å². The summed E-state index contributed by atoms with van der Waals surface area (Å²) in [6, 6.07) is 0. The van der Waals surface area contributed by atoms with E-state index in [1.165, 1.54) is 0 Å². The Morgan fingerprint density at radius 3 is 1.50 bits per heavy atom. The van der Waals surface area contributed by atoms with Crippen molar-refractivity contribution in [3.8, 4) is 0 Å². The van der Waals surface area contributed by atoms with Crippen LogP contribution in [0.15, 0.2) is 0 Å². The normalized spacial score (nSPS) is 11.0. The Hall–Kier alpha value is 0.454. The molecular formula is C5H10V. The Morgan fingerprint density at radius 1 is 1.33 bits per heavy atom. The zero-order valence-corrected chi connectivity index (χ0v) is 5.92. The third kappa shape index (κ3) is 4.45. The molecule has 0 radical (unpaired) electrons. The molecule has 0 bridgehead atoms. The van der Waals surface area contributed by atoms with E-state index < -0.39 is 0 Å². The molecule has 0 amide bonds. The van der Waals surface area contributed by atoms with Gasteiger partial charge < -0.3 is 0 Å². The fraction of sp³-hybridized carbons (Fsp3) is 0.800. The Balaban J connectivity index is 3.45. The van der Waals surface area contributed by atoms with Gasteiger partial charge in [-0.2, -0.15) is 0 Å². The Bertz CT molecular complexity index is 49.4. The van der Waals surface area contributed by atoms with Crippen LogP contribution in [-0.4, -0.2) is 4.73 Å². The summed E-state index contributed by atoms with van der Waals surface area (Å²) in [6.45, 7) is 6.52. The van der Waals surface area contributed by atoms with Gasteiger partial charge in [0.2, 0.25) is 0 Å². The van der Waals surface area contributed by atoms with Crippen molar-refractivity contribution in [1.82, 2.24) is 0 Å². The van der Waals surface area contributed by atoms with Crippen LogP contribution in [0.2, 0.25) is 0 Å². The van der Waals surface area contributed by atoms with Crippen LogP contribution >= 0.6 is 0 Å². The van der Waals surface area contributed by atoms with Crippen molar-refractivity contribution in [1.29, 1.82) is 0 Å². The van der Waals surface area contributed by atoms with Crippen LogP contribution in [0.3, 0.4) is 0 Å². The molecule has 0 heterocycles. The molecule has 0 aromatic carbocycles. The summed E-state index contributed by atoms with van der Waals surface area (Å²) < 4.78 is 2.12. The van der Waals surface area contributed by atoms with Crippen molar-refractivity contribution in [2.75, 3.05) is 0 Å². The van der Waals surface area contributed by atoms with E-state index in [0.717, 1.165) is 0 Å². The Labute approximate surface area is 48.4 Å². The van der Waals surface area contributed by atoms with E-state index in [0.29, 0.717) is 5.41 Å². The zero-order valence-electron chi connectivity index (χ0n) is 4.52. The second-order valence-electron chi connectivity index (χ2n) is 2.50. The number of hydrogen-bond donors (Lipinski definition) is 0. The molecule has 1 heteroatoms. The van der Waals surface area contributed by atoms with Crippen LogP contribution in [0.25, 0.3) is 0 Å². The van der Waals surface area contributed by atoms with Gasteiger partial charge in [0.25, 0.3) is 0 Å². The summed E-state index contributed by atoms with van der Waals surface area (Å²) in [4.78, 5) is 0. The number of hydrogen-bond acceptors (Lipinski definition) is 0. The first kappa shape index (κ1) is 6.45. The van der Waals surface area contributed by atoms with Gasteiger partial charge in [-0.15, -0.1) is 0 Å². The molecule has 0 spiro atoms. The maximum atomic E-state index is 2.47. The van der Waals surface area contributed by atoms with Crippen LogP contribution in [0, 0.1) is 5.41 Å². The van der Waals surface area contributed by atoms with E-state index in [1.54, 1.807) is 0 Å². The topological polar surface area (TPSA) is 0 Å². The van der Waals surface area contributed by atoms with Crippen LogP contribution in [0.1, 0.15) is 20.8 Å². The first-order chi connectivity index (χ1) is 2.56. The molecule has 0 nitrogen and oxygen atoms in total. The molecule has 0 aliphatic heterocycles. The second-order valence-corrected chi connectivity index (χ2v) is 2.90. The summed E-state index contributed by atoms with van der Waals surface area (Å²) in [5.41, 5.74) is 0.389. The van der Waals surface area contributed by atoms with E-state index >= 15 is 0 Å². The molecule has 0 aliphatic rings. The third-order valence-corrected chi connectivity index (χ3v) is 1.60. The fourth-order valence-electron chi connectivity index (χ4n) is 0. The third-order valence-electron chi connectivity index (χ3n) is 0.387. The van der Waals surface area contributed by atoms with Crippen molar-refractivity contribution in [3.05, 3.63) is 0 Å². The van der Waals surface area contributed by atoms with Gasteiger partial charge in [0.15, 0.2) is 0 Å². The van der Waals surface area contributed by atoms with E-state index in [1.807, 2.05) is 0 Å². The molecule has 0 saturated carbocycles. The van der Waals surface area contributed by atoms with E-state index in [2.05, 4.69) is 42.5 Å². The van der Waals surface area contributed by atoms with Gasteiger partial charge in [-0.1, -0.05) is 0 Å². The van der Waals surface area contributed by atoms with Crippen molar-refractivity contribution in [2.24, 2.45) is 5.41 Å². The van der Waals surface area contributed by atoms with Gasteiger partial charge in [-0.25, -0.2) is 0 Å². The first-order valence-electron chi connectivity index (χ1n) is 2.05. The second kappa shape index (κ2) is 1.95. The molecule has 0 atom stereocenters. The van der Waals surface area contributed by atoms with Crippen molar-refractivity contribution >= 4 is 4.73 Å².